The van der Waals surface area contributed by atoms with E-state index in [2.05, 4.69) is 56.2 Å². The van der Waals surface area contributed by atoms with E-state index in [1.165, 1.54) is 32.4 Å². The highest BCUT2D eigenvalue weighted by molar-refractivity contribution is 7.11. The van der Waals surface area contributed by atoms with Gasteiger partial charge in [0.25, 0.3) is 0 Å². The van der Waals surface area contributed by atoms with Gasteiger partial charge < -0.3 is 5.32 Å². The lowest BCUT2D eigenvalue weighted by molar-refractivity contribution is 0.983. The first-order valence-electron chi connectivity index (χ1n) is 6.30. The largest absolute Gasteiger partial charge is 0.384 e. The topological polar surface area (TPSA) is 24.9 Å². The second kappa shape index (κ2) is 5.53. The van der Waals surface area contributed by atoms with E-state index in [1.54, 1.807) is 11.3 Å². The van der Waals surface area contributed by atoms with Gasteiger partial charge in [-0.1, -0.05) is 17.7 Å². The average Bonchev–Trinajstić information content (AvgIpc) is 2.61. The maximum atomic E-state index is 4.56. The van der Waals surface area contributed by atoms with Gasteiger partial charge in [-0.3, -0.25) is 0 Å². The number of aryl methyl sites for hydroxylation is 4. The van der Waals surface area contributed by atoms with E-state index in [0.717, 1.165) is 13.0 Å². The minimum atomic E-state index is 0.941. The first kappa shape index (κ1) is 13.1. The molecular weight excluding hydrogens is 240 g/mol. The van der Waals surface area contributed by atoms with Gasteiger partial charge in [0, 0.05) is 23.5 Å². The Kier molecular flexibility index (Phi) is 4.02. The van der Waals surface area contributed by atoms with Crippen molar-refractivity contribution in [3.05, 3.63) is 44.9 Å². The van der Waals surface area contributed by atoms with E-state index in [0.29, 0.717) is 0 Å². The number of thiazole rings is 1. The first-order chi connectivity index (χ1) is 8.56. The number of nitrogens with one attached hydrogen (secondary N) is 1. The zero-order chi connectivity index (χ0) is 13.1. The van der Waals surface area contributed by atoms with Crippen molar-refractivity contribution in [1.82, 2.24) is 4.98 Å². The van der Waals surface area contributed by atoms with E-state index in [-0.39, 0.29) is 0 Å². The van der Waals surface area contributed by atoms with Crippen LogP contribution in [0.3, 0.4) is 0 Å². The Morgan fingerprint density at radius 3 is 2.56 bits per heavy atom. The van der Waals surface area contributed by atoms with Gasteiger partial charge in [-0.2, -0.15) is 0 Å². The fourth-order valence-electron chi connectivity index (χ4n) is 1.96. The molecule has 0 aliphatic carbocycles. The molecule has 1 aromatic heterocycles. The number of rotatable bonds is 4. The molecule has 0 saturated carbocycles. The van der Waals surface area contributed by atoms with Crippen LogP contribution in [0, 0.1) is 27.7 Å². The van der Waals surface area contributed by atoms with Crippen LogP contribution < -0.4 is 5.32 Å². The molecule has 0 spiro atoms. The third-order valence-corrected chi connectivity index (χ3v) is 4.24. The van der Waals surface area contributed by atoms with Crippen LogP contribution in [0.2, 0.25) is 0 Å². The molecule has 0 bridgehead atoms. The van der Waals surface area contributed by atoms with Crippen LogP contribution >= 0.6 is 11.3 Å². The number of aromatic nitrogens is 1. The molecule has 0 atom stereocenters. The summed E-state index contributed by atoms with van der Waals surface area (Å²) in [5.41, 5.74) is 5.01. The minimum absolute atomic E-state index is 0.941. The Balaban J connectivity index is 1.92. The van der Waals surface area contributed by atoms with Crippen molar-refractivity contribution in [3.63, 3.8) is 0 Å². The fraction of sp³-hybridized carbons (Fsp3) is 0.400. The summed E-state index contributed by atoms with van der Waals surface area (Å²) in [5, 5.41) is 4.71. The summed E-state index contributed by atoms with van der Waals surface area (Å²) in [6.07, 6.45) is 0.993. The summed E-state index contributed by atoms with van der Waals surface area (Å²) >= 11 is 1.81. The summed E-state index contributed by atoms with van der Waals surface area (Å²) in [7, 11) is 0. The predicted molar refractivity (Wildman–Crippen MR) is 79.7 cm³/mol. The third-order valence-electron chi connectivity index (χ3n) is 3.11. The van der Waals surface area contributed by atoms with Gasteiger partial charge in [-0.25, -0.2) is 4.98 Å². The van der Waals surface area contributed by atoms with E-state index in [9.17, 15) is 0 Å². The lowest BCUT2D eigenvalue weighted by atomic mass is 10.1. The van der Waals surface area contributed by atoms with Crippen LogP contribution in [0.4, 0.5) is 5.69 Å². The van der Waals surface area contributed by atoms with E-state index in [1.807, 2.05) is 0 Å². The molecule has 96 valence electrons. The number of anilines is 1. The highest BCUT2D eigenvalue weighted by atomic mass is 32.1. The molecule has 2 nitrogen and oxygen atoms in total. The zero-order valence-electron chi connectivity index (χ0n) is 11.5. The Morgan fingerprint density at radius 2 is 1.94 bits per heavy atom. The SMILES string of the molecule is Cc1ccc(NCCc2nc(C)c(C)s2)c(C)c1. The molecule has 0 unspecified atom stereocenters. The molecule has 0 aliphatic heterocycles. The van der Waals surface area contributed by atoms with Crippen LogP contribution in [-0.2, 0) is 6.42 Å². The quantitative estimate of drug-likeness (QED) is 0.897. The number of hydrogen-bond acceptors (Lipinski definition) is 3. The first-order valence-corrected chi connectivity index (χ1v) is 7.12. The molecular formula is C15H20N2S. The molecule has 1 heterocycles. The van der Waals surface area contributed by atoms with Crippen molar-refractivity contribution in [2.24, 2.45) is 0 Å². The van der Waals surface area contributed by atoms with Crippen LogP contribution in [0.25, 0.3) is 0 Å². The highest BCUT2D eigenvalue weighted by Crippen LogP contribution is 2.18. The van der Waals surface area contributed by atoms with Crippen LogP contribution in [-0.4, -0.2) is 11.5 Å². The third kappa shape index (κ3) is 3.10. The standard InChI is InChI=1S/C15H20N2S/c1-10-5-6-14(11(2)9-10)16-8-7-15-17-12(3)13(4)18-15/h5-6,9,16H,7-8H2,1-4H3. The minimum Gasteiger partial charge on any atom is -0.384 e. The fourth-order valence-corrected chi connectivity index (χ4v) is 2.90. The molecule has 2 aromatic rings. The van der Waals surface area contributed by atoms with E-state index >= 15 is 0 Å². The number of hydrogen-bond donors (Lipinski definition) is 1. The number of nitrogens with zero attached hydrogens (tertiary/aromatic N) is 1. The molecule has 1 aromatic carbocycles. The van der Waals surface area contributed by atoms with Crippen molar-refractivity contribution in [1.29, 1.82) is 0 Å². The van der Waals surface area contributed by atoms with Gasteiger partial charge >= 0.3 is 0 Å². The smallest absolute Gasteiger partial charge is 0.0948 e. The average molecular weight is 260 g/mol. The maximum Gasteiger partial charge on any atom is 0.0948 e. The maximum absolute atomic E-state index is 4.56. The second-order valence-electron chi connectivity index (χ2n) is 4.74. The zero-order valence-corrected chi connectivity index (χ0v) is 12.3. The van der Waals surface area contributed by atoms with Gasteiger partial charge in [0.2, 0.25) is 0 Å². The van der Waals surface area contributed by atoms with Crippen LogP contribution in [0.15, 0.2) is 18.2 Å². The molecule has 0 saturated heterocycles. The highest BCUT2D eigenvalue weighted by Gasteiger charge is 2.03. The van der Waals surface area contributed by atoms with Crippen molar-refractivity contribution in [3.8, 4) is 0 Å². The Bertz CT molecular complexity index is 524. The Morgan fingerprint density at radius 1 is 1.17 bits per heavy atom. The lowest BCUT2D eigenvalue weighted by Gasteiger charge is -2.09. The Hall–Kier alpha value is -1.35. The molecule has 0 aliphatic rings. The van der Waals surface area contributed by atoms with Gasteiger partial charge in [0.05, 0.1) is 10.7 Å². The second-order valence-corrected chi connectivity index (χ2v) is 6.03. The van der Waals surface area contributed by atoms with Gasteiger partial charge in [-0.05, 0) is 39.3 Å². The monoisotopic (exact) mass is 260 g/mol. The molecule has 18 heavy (non-hydrogen) atoms. The van der Waals surface area contributed by atoms with E-state index in [4.69, 9.17) is 0 Å². The van der Waals surface area contributed by atoms with Crippen molar-refractivity contribution in [2.45, 2.75) is 34.1 Å². The van der Waals surface area contributed by atoms with Gasteiger partial charge in [0.15, 0.2) is 0 Å². The predicted octanol–water partition coefficient (Wildman–Crippen LogP) is 4.03. The summed E-state index contributed by atoms with van der Waals surface area (Å²) in [4.78, 5) is 5.89. The number of benzene rings is 1. The molecule has 0 radical (unpaired) electrons. The summed E-state index contributed by atoms with van der Waals surface area (Å²) in [5.74, 6) is 0. The molecule has 1 N–H and O–H groups in total. The van der Waals surface area contributed by atoms with Crippen molar-refractivity contribution < 1.29 is 0 Å². The van der Waals surface area contributed by atoms with Gasteiger partial charge in [0.1, 0.15) is 0 Å². The summed E-state index contributed by atoms with van der Waals surface area (Å²) in [6, 6.07) is 6.51. The van der Waals surface area contributed by atoms with Crippen LogP contribution in [0.5, 0.6) is 0 Å². The van der Waals surface area contributed by atoms with E-state index < -0.39 is 0 Å². The Labute approximate surface area is 113 Å². The van der Waals surface area contributed by atoms with Crippen molar-refractivity contribution >= 4 is 17.0 Å². The summed E-state index contributed by atoms with van der Waals surface area (Å²) in [6.45, 7) is 9.42. The van der Waals surface area contributed by atoms with Crippen LogP contribution in [0.1, 0.15) is 26.7 Å². The summed E-state index contributed by atoms with van der Waals surface area (Å²) < 4.78 is 0. The van der Waals surface area contributed by atoms with Crippen molar-refractivity contribution in [2.75, 3.05) is 11.9 Å². The lowest BCUT2D eigenvalue weighted by Crippen LogP contribution is -2.05. The molecule has 3 heteroatoms. The molecule has 2 rings (SSSR count). The molecule has 0 amide bonds. The molecule has 0 fully saturated rings. The van der Waals surface area contributed by atoms with Gasteiger partial charge in [-0.15, -0.1) is 11.3 Å². The normalized spacial score (nSPS) is 10.7.